The number of rotatable bonds is 4. The van der Waals surface area contributed by atoms with Gasteiger partial charge in [-0.25, -0.2) is 0 Å². The first-order chi connectivity index (χ1) is 4.54. The zero-order valence-corrected chi connectivity index (χ0v) is 6.92. The lowest BCUT2D eigenvalue weighted by atomic mass is 10.1. The van der Waals surface area contributed by atoms with E-state index in [2.05, 4.69) is 0 Å². The Hall–Kier alpha value is -0.120. The van der Waals surface area contributed by atoms with Crippen molar-refractivity contribution < 1.29 is 9.84 Å². The summed E-state index contributed by atoms with van der Waals surface area (Å²) < 4.78 is 5.36. The Bertz CT molecular complexity index is 89.6. The average Bonchev–Trinajstić information content (AvgIpc) is 1.87. The standard InChI is InChI=1S/C7H17NO2/c1-6(2)10-7(3,4-8)5-9/h6,9H,4-5,8H2,1-3H3. The van der Waals surface area contributed by atoms with Gasteiger partial charge in [-0.3, -0.25) is 0 Å². The fraction of sp³-hybridized carbons (Fsp3) is 1.00. The van der Waals surface area contributed by atoms with Crippen molar-refractivity contribution in [3.8, 4) is 0 Å². The Kier molecular flexibility index (Phi) is 3.86. The van der Waals surface area contributed by atoms with Crippen molar-refractivity contribution in [3.05, 3.63) is 0 Å². The second kappa shape index (κ2) is 3.91. The quantitative estimate of drug-likeness (QED) is 0.594. The zero-order valence-electron chi connectivity index (χ0n) is 6.92. The molecule has 1 atom stereocenters. The fourth-order valence-corrected chi connectivity index (χ4v) is 0.719. The summed E-state index contributed by atoms with van der Waals surface area (Å²) in [7, 11) is 0. The van der Waals surface area contributed by atoms with E-state index < -0.39 is 5.60 Å². The van der Waals surface area contributed by atoms with E-state index >= 15 is 0 Å². The maximum atomic E-state index is 8.83. The minimum Gasteiger partial charge on any atom is -0.393 e. The highest BCUT2D eigenvalue weighted by Gasteiger charge is 2.22. The molecular formula is C7H17NO2. The van der Waals surface area contributed by atoms with Gasteiger partial charge in [0.15, 0.2) is 0 Å². The highest BCUT2D eigenvalue weighted by atomic mass is 16.5. The van der Waals surface area contributed by atoms with Gasteiger partial charge < -0.3 is 15.6 Å². The molecule has 0 aliphatic heterocycles. The minimum absolute atomic E-state index is 0.0261. The molecule has 0 rings (SSSR count). The van der Waals surface area contributed by atoms with Crippen LogP contribution >= 0.6 is 0 Å². The van der Waals surface area contributed by atoms with Crippen LogP contribution in [0.15, 0.2) is 0 Å². The van der Waals surface area contributed by atoms with Crippen molar-refractivity contribution in [1.82, 2.24) is 0 Å². The summed E-state index contributed by atoms with van der Waals surface area (Å²) >= 11 is 0. The van der Waals surface area contributed by atoms with Gasteiger partial charge in [-0.2, -0.15) is 0 Å². The lowest BCUT2D eigenvalue weighted by Gasteiger charge is -2.28. The predicted octanol–water partition coefficient (Wildman–Crippen LogP) is 0.121. The number of aliphatic hydroxyl groups is 1. The molecule has 0 spiro atoms. The van der Waals surface area contributed by atoms with Gasteiger partial charge in [-0.15, -0.1) is 0 Å². The van der Waals surface area contributed by atoms with Crippen molar-refractivity contribution in [3.63, 3.8) is 0 Å². The van der Waals surface area contributed by atoms with Crippen LogP contribution in [0.3, 0.4) is 0 Å². The van der Waals surface area contributed by atoms with Crippen molar-refractivity contribution in [2.24, 2.45) is 5.73 Å². The molecule has 0 saturated carbocycles. The maximum absolute atomic E-state index is 8.83. The predicted molar refractivity (Wildman–Crippen MR) is 40.8 cm³/mol. The molecule has 3 heteroatoms. The topological polar surface area (TPSA) is 55.5 Å². The lowest BCUT2D eigenvalue weighted by Crippen LogP contribution is -2.42. The third-order valence-electron chi connectivity index (χ3n) is 1.29. The van der Waals surface area contributed by atoms with Crippen molar-refractivity contribution in [1.29, 1.82) is 0 Å². The first-order valence-electron chi connectivity index (χ1n) is 3.53. The molecule has 0 bridgehead atoms. The highest BCUT2D eigenvalue weighted by Crippen LogP contribution is 2.09. The summed E-state index contributed by atoms with van der Waals surface area (Å²) in [4.78, 5) is 0. The molecule has 1 unspecified atom stereocenters. The number of nitrogens with two attached hydrogens (primary N) is 1. The number of hydrogen-bond acceptors (Lipinski definition) is 3. The second-order valence-electron chi connectivity index (χ2n) is 2.98. The monoisotopic (exact) mass is 147 g/mol. The number of ether oxygens (including phenoxy) is 1. The minimum atomic E-state index is -0.561. The van der Waals surface area contributed by atoms with Gasteiger partial charge in [0.25, 0.3) is 0 Å². The summed E-state index contributed by atoms with van der Waals surface area (Å²) in [6.45, 7) is 5.96. The smallest absolute Gasteiger partial charge is 0.101 e. The fourth-order valence-electron chi connectivity index (χ4n) is 0.719. The van der Waals surface area contributed by atoms with Crippen molar-refractivity contribution in [2.75, 3.05) is 13.2 Å². The molecule has 0 amide bonds. The van der Waals surface area contributed by atoms with Crippen molar-refractivity contribution in [2.45, 2.75) is 32.5 Å². The summed E-state index contributed by atoms with van der Waals surface area (Å²) in [5, 5.41) is 8.83. The Labute approximate surface area is 62.2 Å². The highest BCUT2D eigenvalue weighted by molar-refractivity contribution is 4.75. The van der Waals surface area contributed by atoms with E-state index in [1.807, 2.05) is 13.8 Å². The molecule has 0 radical (unpaired) electrons. The van der Waals surface area contributed by atoms with Gasteiger partial charge in [0.05, 0.1) is 12.7 Å². The molecule has 10 heavy (non-hydrogen) atoms. The Balaban J connectivity index is 3.80. The third-order valence-corrected chi connectivity index (χ3v) is 1.29. The molecule has 0 aliphatic carbocycles. The molecule has 0 saturated heterocycles. The van der Waals surface area contributed by atoms with Gasteiger partial charge in [0, 0.05) is 6.54 Å². The number of aliphatic hydroxyl groups excluding tert-OH is 1. The lowest BCUT2D eigenvalue weighted by molar-refractivity contribution is -0.0900. The largest absolute Gasteiger partial charge is 0.393 e. The molecule has 3 N–H and O–H groups in total. The normalized spacial score (nSPS) is 17.4. The van der Waals surface area contributed by atoms with E-state index in [1.165, 1.54) is 0 Å². The van der Waals surface area contributed by atoms with E-state index in [0.29, 0.717) is 6.54 Å². The maximum Gasteiger partial charge on any atom is 0.101 e. The van der Waals surface area contributed by atoms with Crippen LogP contribution in [0.1, 0.15) is 20.8 Å². The van der Waals surface area contributed by atoms with E-state index in [1.54, 1.807) is 6.92 Å². The van der Waals surface area contributed by atoms with Gasteiger partial charge in [0.1, 0.15) is 5.60 Å². The molecule has 3 nitrogen and oxygen atoms in total. The molecule has 0 aromatic carbocycles. The summed E-state index contributed by atoms with van der Waals surface area (Å²) in [5.74, 6) is 0. The zero-order chi connectivity index (χ0) is 8.20. The van der Waals surface area contributed by atoms with Crippen LogP contribution in [0.4, 0.5) is 0 Å². The first-order valence-corrected chi connectivity index (χ1v) is 3.53. The van der Waals surface area contributed by atoms with Crippen LogP contribution in [-0.4, -0.2) is 30.0 Å². The molecule has 0 aromatic rings. The van der Waals surface area contributed by atoms with Crippen LogP contribution in [-0.2, 0) is 4.74 Å². The SMILES string of the molecule is CC(C)OC(C)(CN)CO. The summed E-state index contributed by atoms with van der Waals surface area (Å²) in [5.41, 5.74) is 4.82. The van der Waals surface area contributed by atoms with Crippen LogP contribution in [0.5, 0.6) is 0 Å². The Morgan fingerprint density at radius 1 is 1.60 bits per heavy atom. The van der Waals surface area contributed by atoms with E-state index in [-0.39, 0.29) is 12.7 Å². The third kappa shape index (κ3) is 3.15. The van der Waals surface area contributed by atoms with Gasteiger partial charge >= 0.3 is 0 Å². The Morgan fingerprint density at radius 2 is 2.10 bits per heavy atom. The van der Waals surface area contributed by atoms with Crippen LogP contribution < -0.4 is 5.73 Å². The van der Waals surface area contributed by atoms with Crippen LogP contribution in [0, 0.1) is 0 Å². The Morgan fingerprint density at radius 3 is 2.20 bits per heavy atom. The molecule has 0 fully saturated rings. The molecule has 62 valence electrons. The van der Waals surface area contributed by atoms with Crippen LogP contribution in [0.25, 0.3) is 0 Å². The number of hydrogen-bond donors (Lipinski definition) is 2. The second-order valence-corrected chi connectivity index (χ2v) is 2.98. The summed E-state index contributed by atoms with van der Waals surface area (Å²) in [6, 6.07) is 0. The van der Waals surface area contributed by atoms with E-state index in [9.17, 15) is 0 Å². The van der Waals surface area contributed by atoms with E-state index in [4.69, 9.17) is 15.6 Å². The van der Waals surface area contributed by atoms with Gasteiger partial charge in [0.2, 0.25) is 0 Å². The van der Waals surface area contributed by atoms with E-state index in [0.717, 1.165) is 0 Å². The van der Waals surface area contributed by atoms with Crippen molar-refractivity contribution >= 4 is 0 Å². The van der Waals surface area contributed by atoms with Crippen LogP contribution in [0.2, 0.25) is 0 Å². The van der Waals surface area contributed by atoms with Gasteiger partial charge in [-0.05, 0) is 20.8 Å². The average molecular weight is 147 g/mol. The molecule has 0 aliphatic rings. The first kappa shape index (κ1) is 9.88. The molecule has 0 aromatic heterocycles. The molecular weight excluding hydrogens is 130 g/mol. The molecule has 0 heterocycles. The van der Waals surface area contributed by atoms with Gasteiger partial charge in [-0.1, -0.05) is 0 Å². The summed E-state index contributed by atoms with van der Waals surface area (Å²) in [6.07, 6.45) is 0.112.